The van der Waals surface area contributed by atoms with Gasteiger partial charge in [-0.25, -0.2) is 8.42 Å². The van der Waals surface area contributed by atoms with Crippen molar-refractivity contribution in [3.05, 3.63) is 29.8 Å². The monoisotopic (exact) mass is 283 g/mol. The summed E-state index contributed by atoms with van der Waals surface area (Å²) < 4.78 is 29.7. The molecule has 1 aromatic carbocycles. The summed E-state index contributed by atoms with van der Waals surface area (Å²) in [5.41, 5.74) is 1.03. The molecule has 0 aromatic heterocycles. The fourth-order valence-electron chi connectivity index (χ4n) is 2.50. The molecule has 5 heteroatoms. The Bertz CT molecular complexity index is 539. The van der Waals surface area contributed by atoms with E-state index in [1.54, 1.807) is 21.0 Å². The SMILES string of the molecule is COc1ccccc1C1CCC(S(=O)(=O)C(C)C)N1. The summed E-state index contributed by atoms with van der Waals surface area (Å²) >= 11 is 0. The highest BCUT2D eigenvalue weighted by Crippen LogP contribution is 2.34. The smallest absolute Gasteiger partial charge is 0.168 e. The number of rotatable bonds is 4. The first-order valence-corrected chi connectivity index (χ1v) is 8.19. The van der Waals surface area contributed by atoms with Crippen LogP contribution in [0, 0.1) is 0 Å². The first-order valence-electron chi connectivity index (χ1n) is 6.58. The van der Waals surface area contributed by atoms with Crippen LogP contribution in [0.25, 0.3) is 0 Å². The molecule has 106 valence electrons. The quantitative estimate of drug-likeness (QED) is 0.921. The second kappa shape index (κ2) is 5.51. The Kier molecular flexibility index (Phi) is 4.16. The Morgan fingerprint density at radius 2 is 1.95 bits per heavy atom. The van der Waals surface area contributed by atoms with Crippen LogP contribution in [0.1, 0.15) is 38.3 Å². The molecule has 2 atom stereocenters. The van der Waals surface area contributed by atoms with Gasteiger partial charge in [0.05, 0.1) is 12.4 Å². The lowest BCUT2D eigenvalue weighted by Crippen LogP contribution is -2.36. The molecular weight excluding hydrogens is 262 g/mol. The Morgan fingerprint density at radius 3 is 2.58 bits per heavy atom. The predicted octanol–water partition coefficient (Wildman–Crippen LogP) is 2.27. The number of benzene rings is 1. The van der Waals surface area contributed by atoms with Crippen LogP contribution in [0.4, 0.5) is 0 Å². The normalized spacial score (nSPS) is 23.8. The maximum absolute atomic E-state index is 12.2. The maximum atomic E-state index is 12.2. The summed E-state index contributed by atoms with van der Waals surface area (Å²) in [4.78, 5) is 0. The van der Waals surface area contributed by atoms with Gasteiger partial charge in [0, 0.05) is 11.6 Å². The molecular formula is C14H21NO3S. The minimum Gasteiger partial charge on any atom is -0.496 e. The highest BCUT2D eigenvalue weighted by atomic mass is 32.2. The second-order valence-electron chi connectivity index (χ2n) is 5.16. The number of ether oxygens (including phenoxy) is 1. The number of nitrogens with one attached hydrogen (secondary N) is 1. The molecule has 0 amide bonds. The van der Waals surface area contributed by atoms with Crippen LogP contribution in [0.2, 0.25) is 0 Å². The Labute approximate surface area is 115 Å². The zero-order valence-corrected chi connectivity index (χ0v) is 12.4. The van der Waals surface area contributed by atoms with Crippen molar-refractivity contribution in [1.82, 2.24) is 5.32 Å². The lowest BCUT2D eigenvalue weighted by Gasteiger charge is -2.18. The van der Waals surface area contributed by atoms with Crippen molar-refractivity contribution < 1.29 is 13.2 Å². The number of methoxy groups -OCH3 is 1. The van der Waals surface area contributed by atoms with Crippen molar-refractivity contribution in [2.45, 2.75) is 43.4 Å². The van der Waals surface area contributed by atoms with Gasteiger partial charge in [-0.1, -0.05) is 18.2 Å². The van der Waals surface area contributed by atoms with Crippen LogP contribution in [-0.4, -0.2) is 26.2 Å². The molecule has 19 heavy (non-hydrogen) atoms. The molecule has 0 spiro atoms. The number of sulfone groups is 1. The molecule has 4 nitrogen and oxygen atoms in total. The van der Waals surface area contributed by atoms with E-state index in [0.717, 1.165) is 17.7 Å². The lowest BCUT2D eigenvalue weighted by atomic mass is 10.0. The minimum absolute atomic E-state index is 0.0506. The third kappa shape index (κ3) is 2.77. The van der Waals surface area contributed by atoms with Crippen molar-refractivity contribution in [1.29, 1.82) is 0 Å². The first kappa shape index (κ1) is 14.3. The predicted molar refractivity (Wildman–Crippen MR) is 75.9 cm³/mol. The highest BCUT2D eigenvalue weighted by molar-refractivity contribution is 7.92. The Morgan fingerprint density at radius 1 is 1.26 bits per heavy atom. The van der Waals surface area contributed by atoms with E-state index >= 15 is 0 Å². The van der Waals surface area contributed by atoms with Gasteiger partial charge in [-0.05, 0) is 32.8 Å². The fourth-order valence-corrected chi connectivity index (χ4v) is 3.97. The van der Waals surface area contributed by atoms with Gasteiger partial charge in [0.15, 0.2) is 9.84 Å². The van der Waals surface area contributed by atoms with Crippen molar-refractivity contribution in [2.24, 2.45) is 0 Å². The first-order chi connectivity index (χ1) is 8.96. The Hall–Kier alpha value is -1.07. The number of hydrogen-bond acceptors (Lipinski definition) is 4. The molecule has 0 radical (unpaired) electrons. The van der Waals surface area contributed by atoms with Crippen molar-refractivity contribution in [3.8, 4) is 5.75 Å². The van der Waals surface area contributed by atoms with E-state index in [4.69, 9.17) is 4.74 Å². The van der Waals surface area contributed by atoms with E-state index in [1.165, 1.54) is 0 Å². The molecule has 1 fully saturated rings. The largest absolute Gasteiger partial charge is 0.496 e. The lowest BCUT2D eigenvalue weighted by molar-refractivity contribution is 0.403. The summed E-state index contributed by atoms with van der Waals surface area (Å²) in [6.07, 6.45) is 1.47. The summed E-state index contributed by atoms with van der Waals surface area (Å²) in [6.45, 7) is 3.46. The molecule has 0 saturated carbocycles. The minimum atomic E-state index is -3.09. The second-order valence-corrected chi connectivity index (χ2v) is 7.85. The number of para-hydroxylation sites is 1. The summed E-state index contributed by atoms with van der Waals surface area (Å²) in [5, 5.41) is 2.45. The van der Waals surface area contributed by atoms with Gasteiger partial charge in [-0.15, -0.1) is 0 Å². The summed E-state index contributed by atoms with van der Waals surface area (Å²) in [5.74, 6) is 0.808. The van der Waals surface area contributed by atoms with Gasteiger partial charge in [-0.2, -0.15) is 0 Å². The van der Waals surface area contributed by atoms with Gasteiger partial charge in [0.2, 0.25) is 0 Å². The number of hydrogen-bond donors (Lipinski definition) is 1. The molecule has 1 heterocycles. The highest BCUT2D eigenvalue weighted by Gasteiger charge is 2.36. The van der Waals surface area contributed by atoms with E-state index in [1.807, 2.05) is 24.3 Å². The average Bonchev–Trinajstić information content (AvgIpc) is 2.88. The third-order valence-corrected chi connectivity index (χ3v) is 6.15. The van der Waals surface area contributed by atoms with Crippen LogP contribution in [0.5, 0.6) is 5.75 Å². The molecule has 1 aliphatic rings. The Balaban J connectivity index is 2.19. The maximum Gasteiger partial charge on any atom is 0.168 e. The van der Waals surface area contributed by atoms with E-state index in [9.17, 15) is 8.42 Å². The van der Waals surface area contributed by atoms with E-state index in [2.05, 4.69) is 5.32 Å². The van der Waals surface area contributed by atoms with Crippen LogP contribution in [0.15, 0.2) is 24.3 Å². The molecule has 2 unspecified atom stereocenters. The van der Waals surface area contributed by atoms with Gasteiger partial charge in [0.1, 0.15) is 11.1 Å². The van der Waals surface area contributed by atoms with Crippen LogP contribution in [0.3, 0.4) is 0 Å². The standard InChI is InChI=1S/C14H21NO3S/c1-10(2)19(16,17)14-9-8-12(15-14)11-6-4-5-7-13(11)18-3/h4-7,10,12,14-15H,8-9H2,1-3H3. The molecule has 0 aliphatic carbocycles. The topological polar surface area (TPSA) is 55.4 Å². The van der Waals surface area contributed by atoms with Gasteiger partial charge >= 0.3 is 0 Å². The molecule has 0 bridgehead atoms. The average molecular weight is 283 g/mol. The molecule has 1 saturated heterocycles. The fraction of sp³-hybridized carbons (Fsp3) is 0.571. The van der Waals surface area contributed by atoms with Gasteiger partial charge < -0.3 is 4.74 Å². The molecule has 2 rings (SSSR count). The van der Waals surface area contributed by atoms with Crippen LogP contribution < -0.4 is 10.1 Å². The molecule has 1 aliphatic heterocycles. The van der Waals surface area contributed by atoms with E-state index in [0.29, 0.717) is 6.42 Å². The van der Waals surface area contributed by atoms with E-state index < -0.39 is 15.2 Å². The van der Waals surface area contributed by atoms with Crippen molar-refractivity contribution >= 4 is 9.84 Å². The van der Waals surface area contributed by atoms with Crippen LogP contribution >= 0.6 is 0 Å². The van der Waals surface area contributed by atoms with Crippen LogP contribution in [-0.2, 0) is 9.84 Å². The molecule has 1 N–H and O–H groups in total. The zero-order valence-electron chi connectivity index (χ0n) is 11.6. The zero-order chi connectivity index (χ0) is 14.0. The van der Waals surface area contributed by atoms with Crippen molar-refractivity contribution in [2.75, 3.05) is 7.11 Å². The van der Waals surface area contributed by atoms with Gasteiger partial charge in [-0.3, -0.25) is 5.32 Å². The van der Waals surface area contributed by atoms with Crippen molar-refractivity contribution in [3.63, 3.8) is 0 Å². The summed E-state index contributed by atoms with van der Waals surface area (Å²) in [7, 11) is -1.45. The van der Waals surface area contributed by atoms with Gasteiger partial charge in [0.25, 0.3) is 0 Å². The summed E-state index contributed by atoms with van der Waals surface area (Å²) in [6, 6.07) is 7.81. The molecule has 1 aromatic rings. The third-order valence-electron chi connectivity index (χ3n) is 3.67. The van der Waals surface area contributed by atoms with E-state index in [-0.39, 0.29) is 11.3 Å².